The van der Waals surface area contributed by atoms with Gasteiger partial charge in [0.05, 0.1) is 5.41 Å². The zero-order valence-corrected chi connectivity index (χ0v) is 21.5. The molecule has 4 rings (SSSR count). The van der Waals surface area contributed by atoms with E-state index in [1.807, 2.05) is 24.3 Å². The quantitative estimate of drug-likeness (QED) is 0.396. The third-order valence-corrected chi connectivity index (χ3v) is 7.89. The highest BCUT2D eigenvalue weighted by Crippen LogP contribution is 2.44. The van der Waals surface area contributed by atoms with E-state index in [-0.39, 0.29) is 11.3 Å². The number of hydrogen-bond donors (Lipinski definition) is 2. The molecule has 1 saturated carbocycles. The standard InChI is InChI=1S/C29H40ClN3O/c1-22(2)21-32-27-7-3-6-24(20-27)23-12-18-33(19-13-23)17-5-16-31-28(34)29(14-4-15-29)25-8-10-26(30)11-9-25/h3,6-11,20,22-23,32H,4-5,12-19,21H2,1-2H3,(H,31,34). The summed E-state index contributed by atoms with van der Waals surface area (Å²) in [7, 11) is 0. The Morgan fingerprint density at radius 1 is 1.12 bits per heavy atom. The smallest absolute Gasteiger partial charge is 0.230 e. The molecule has 2 N–H and O–H groups in total. The van der Waals surface area contributed by atoms with Crippen molar-refractivity contribution < 1.29 is 4.79 Å². The maximum atomic E-state index is 13.0. The Kier molecular flexibility index (Phi) is 8.55. The van der Waals surface area contributed by atoms with Crippen molar-refractivity contribution >= 4 is 23.2 Å². The van der Waals surface area contributed by atoms with Gasteiger partial charge in [-0.25, -0.2) is 0 Å². The normalized spacial score (nSPS) is 18.5. The topological polar surface area (TPSA) is 44.4 Å². The minimum Gasteiger partial charge on any atom is -0.385 e. The van der Waals surface area contributed by atoms with Gasteiger partial charge in [-0.1, -0.05) is 56.1 Å². The second-order valence-electron chi connectivity index (χ2n) is 10.6. The number of halogens is 1. The molecule has 1 aliphatic carbocycles. The van der Waals surface area contributed by atoms with Crippen LogP contribution in [0.25, 0.3) is 0 Å². The molecular weight excluding hydrogens is 442 g/mol. The SMILES string of the molecule is CC(C)CNc1cccc(C2CCN(CCCNC(=O)C3(c4ccc(Cl)cc4)CCC3)CC2)c1. The summed E-state index contributed by atoms with van der Waals surface area (Å²) in [6.07, 6.45) is 6.40. The Hall–Kier alpha value is -2.04. The van der Waals surface area contributed by atoms with E-state index in [4.69, 9.17) is 11.6 Å². The first-order valence-electron chi connectivity index (χ1n) is 13.1. The van der Waals surface area contributed by atoms with Crippen LogP contribution in [0.4, 0.5) is 5.69 Å². The van der Waals surface area contributed by atoms with Crippen molar-refractivity contribution in [3.8, 4) is 0 Å². The van der Waals surface area contributed by atoms with E-state index >= 15 is 0 Å². The lowest BCUT2D eigenvalue weighted by atomic mass is 9.64. The number of hydrogen-bond acceptors (Lipinski definition) is 3. The zero-order valence-electron chi connectivity index (χ0n) is 20.8. The molecule has 184 valence electrons. The number of nitrogens with zero attached hydrogens (tertiary/aromatic N) is 1. The molecule has 34 heavy (non-hydrogen) atoms. The summed E-state index contributed by atoms with van der Waals surface area (Å²) in [5.41, 5.74) is 3.47. The van der Waals surface area contributed by atoms with Crippen molar-refractivity contribution in [1.82, 2.24) is 10.2 Å². The highest BCUT2D eigenvalue weighted by molar-refractivity contribution is 6.30. The average molecular weight is 482 g/mol. The molecule has 0 radical (unpaired) electrons. The van der Waals surface area contributed by atoms with Crippen LogP contribution in [-0.2, 0) is 10.2 Å². The summed E-state index contributed by atoms with van der Waals surface area (Å²) < 4.78 is 0. The van der Waals surface area contributed by atoms with Crippen LogP contribution >= 0.6 is 11.6 Å². The zero-order chi connectivity index (χ0) is 24.0. The minimum absolute atomic E-state index is 0.186. The second-order valence-corrected chi connectivity index (χ2v) is 11.0. The summed E-state index contributed by atoms with van der Waals surface area (Å²) in [5, 5.41) is 7.51. The van der Waals surface area contributed by atoms with Crippen molar-refractivity contribution in [3.63, 3.8) is 0 Å². The lowest BCUT2D eigenvalue weighted by Crippen LogP contribution is -2.49. The predicted octanol–water partition coefficient (Wildman–Crippen LogP) is 6.22. The van der Waals surface area contributed by atoms with Crippen molar-refractivity contribution in [1.29, 1.82) is 0 Å². The van der Waals surface area contributed by atoms with Crippen molar-refractivity contribution in [3.05, 3.63) is 64.7 Å². The van der Waals surface area contributed by atoms with Gasteiger partial charge in [-0.15, -0.1) is 0 Å². The van der Waals surface area contributed by atoms with Crippen LogP contribution in [0.15, 0.2) is 48.5 Å². The van der Waals surface area contributed by atoms with E-state index in [2.05, 4.69) is 53.6 Å². The molecule has 1 heterocycles. The van der Waals surface area contributed by atoms with Gasteiger partial charge in [-0.2, -0.15) is 0 Å². The van der Waals surface area contributed by atoms with Crippen molar-refractivity contribution in [2.24, 2.45) is 5.92 Å². The molecule has 5 heteroatoms. The second kappa shape index (κ2) is 11.6. The van der Waals surface area contributed by atoms with Gasteiger partial charge in [0.2, 0.25) is 5.91 Å². The number of piperidine rings is 1. The third kappa shape index (κ3) is 6.14. The van der Waals surface area contributed by atoms with E-state index in [0.717, 1.165) is 69.0 Å². The highest BCUT2D eigenvalue weighted by atomic mass is 35.5. The molecule has 4 nitrogen and oxygen atoms in total. The Labute approximate surface area is 210 Å². The van der Waals surface area contributed by atoms with Gasteiger partial charge in [0.1, 0.15) is 0 Å². The van der Waals surface area contributed by atoms with Crippen molar-refractivity contribution in [2.75, 3.05) is 38.0 Å². The Bertz CT molecular complexity index is 931. The first kappa shape index (κ1) is 25.1. The average Bonchev–Trinajstić information content (AvgIpc) is 2.81. The summed E-state index contributed by atoms with van der Waals surface area (Å²) in [6, 6.07) is 16.8. The first-order chi connectivity index (χ1) is 16.5. The van der Waals surface area contributed by atoms with Gasteiger partial charge in [0.25, 0.3) is 0 Å². The summed E-state index contributed by atoms with van der Waals surface area (Å²) in [6.45, 7) is 9.56. The van der Waals surface area contributed by atoms with E-state index in [1.54, 1.807) is 0 Å². The third-order valence-electron chi connectivity index (χ3n) is 7.64. The molecule has 2 aromatic rings. The number of carbonyl (C=O) groups is 1. The van der Waals surface area contributed by atoms with Crippen LogP contribution < -0.4 is 10.6 Å². The maximum Gasteiger partial charge on any atom is 0.230 e. The van der Waals surface area contributed by atoms with Crippen LogP contribution in [0.2, 0.25) is 5.02 Å². The monoisotopic (exact) mass is 481 g/mol. The van der Waals surface area contributed by atoms with E-state index in [9.17, 15) is 4.79 Å². The molecular formula is C29H40ClN3O. The summed E-state index contributed by atoms with van der Waals surface area (Å²) >= 11 is 6.04. The first-order valence-corrected chi connectivity index (χ1v) is 13.4. The van der Waals surface area contributed by atoms with E-state index in [1.165, 1.54) is 24.1 Å². The van der Waals surface area contributed by atoms with Crippen molar-refractivity contribution in [2.45, 2.75) is 63.7 Å². The molecule has 2 fully saturated rings. The number of rotatable bonds is 10. The fourth-order valence-electron chi connectivity index (χ4n) is 5.33. The lowest BCUT2D eigenvalue weighted by molar-refractivity contribution is -0.129. The molecule has 0 aromatic heterocycles. The lowest BCUT2D eigenvalue weighted by Gasteiger charge is -2.41. The predicted molar refractivity (Wildman–Crippen MR) is 143 cm³/mol. The van der Waals surface area contributed by atoms with Gasteiger partial charge in [-0.3, -0.25) is 4.79 Å². The molecule has 0 spiro atoms. The molecule has 1 saturated heterocycles. The maximum absolute atomic E-state index is 13.0. The fraction of sp³-hybridized carbons (Fsp3) is 0.552. The fourth-order valence-corrected chi connectivity index (χ4v) is 5.46. The summed E-state index contributed by atoms with van der Waals surface area (Å²) in [5.74, 6) is 1.48. The van der Waals surface area contributed by atoms with Crippen LogP contribution in [0.1, 0.15) is 69.4 Å². The molecule has 2 aliphatic rings. The molecule has 1 aliphatic heterocycles. The largest absolute Gasteiger partial charge is 0.385 e. The summed E-state index contributed by atoms with van der Waals surface area (Å²) in [4.78, 5) is 15.6. The molecule has 2 aromatic carbocycles. The number of benzene rings is 2. The molecule has 0 unspecified atom stereocenters. The van der Waals surface area contributed by atoms with Crippen LogP contribution in [0.3, 0.4) is 0 Å². The number of nitrogens with one attached hydrogen (secondary N) is 2. The number of anilines is 1. The van der Waals surface area contributed by atoms with Crippen LogP contribution in [0, 0.1) is 5.92 Å². The number of amides is 1. The Balaban J connectivity index is 1.18. The van der Waals surface area contributed by atoms with Crippen LogP contribution in [-0.4, -0.2) is 43.5 Å². The van der Waals surface area contributed by atoms with E-state index < -0.39 is 0 Å². The Morgan fingerprint density at radius 2 is 1.85 bits per heavy atom. The molecule has 0 bridgehead atoms. The molecule has 0 atom stereocenters. The van der Waals surface area contributed by atoms with Crippen LogP contribution in [0.5, 0.6) is 0 Å². The van der Waals surface area contributed by atoms with Gasteiger partial charge >= 0.3 is 0 Å². The van der Waals surface area contributed by atoms with Gasteiger partial charge < -0.3 is 15.5 Å². The van der Waals surface area contributed by atoms with E-state index in [0.29, 0.717) is 11.8 Å². The number of carbonyl (C=O) groups excluding carboxylic acids is 1. The highest BCUT2D eigenvalue weighted by Gasteiger charge is 2.45. The molecule has 1 amide bonds. The van der Waals surface area contributed by atoms with Gasteiger partial charge in [-0.05, 0) is 99.0 Å². The minimum atomic E-state index is -0.346. The number of likely N-dealkylation sites (tertiary alicyclic amines) is 1. The van der Waals surface area contributed by atoms with Gasteiger partial charge in [0, 0.05) is 23.8 Å². The Morgan fingerprint density at radius 3 is 2.50 bits per heavy atom. The van der Waals surface area contributed by atoms with Gasteiger partial charge in [0.15, 0.2) is 0 Å².